The van der Waals surface area contributed by atoms with Crippen molar-refractivity contribution >= 4 is 16.3 Å². The molecule has 76 valence electrons. The summed E-state index contributed by atoms with van der Waals surface area (Å²) in [4.78, 5) is 0. The molecular weight excluding hydrogens is 388 g/mol. The van der Waals surface area contributed by atoms with Gasteiger partial charge < -0.3 is 0 Å². The average molecular weight is 402 g/mol. The van der Waals surface area contributed by atoms with Crippen LogP contribution >= 0.6 is 16.3 Å². The summed E-state index contributed by atoms with van der Waals surface area (Å²) >= 11 is -1.93. The predicted molar refractivity (Wildman–Crippen MR) is 50.0 cm³/mol. The van der Waals surface area contributed by atoms with Gasteiger partial charge in [0.25, 0.3) is 0 Å². The molecule has 1 aliphatic heterocycles. The van der Waals surface area contributed by atoms with Crippen LogP contribution in [-0.4, -0.2) is 24.2 Å². The van der Waals surface area contributed by atoms with Crippen molar-refractivity contribution in [3.63, 3.8) is 0 Å². The quantitative estimate of drug-likeness (QED) is 0.202. The first kappa shape index (κ1) is 11.4. The van der Waals surface area contributed by atoms with Crippen LogP contribution in [0.1, 0.15) is 20.3 Å². The van der Waals surface area contributed by atoms with Crippen LogP contribution < -0.4 is 23.0 Å². The van der Waals surface area contributed by atoms with Gasteiger partial charge in [-0.2, -0.15) is 0 Å². The van der Waals surface area contributed by atoms with Gasteiger partial charge in [-0.1, -0.05) is 0 Å². The molecule has 0 aromatic carbocycles. The average Bonchev–Trinajstić information content (AvgIpc) is 2.06. The zero-order valence-corrected chi connectivity index (χ0v) is 11.3. The number of hydrogen-bond acceptors (Lipinski definition) is 4. The molecule has 4 nitrogen and oxygen atoms in total. The maximum atomic E-state index is 9.38. The van der Waals surface area contributed by atoms with Gasteiger partial charge in [0.05, 0.1) is 0 Å². The molecule has 0 bridgehead atoms. The van der Waals surface area contributed by atoms with Crippen LogP contribution in [0.3, 0.4) is 0 Å². The normalized spacial score (nSPS) is 34.9. The first-order valence-electron chi connectivity index (χ1n) is 3.57. The van der Waals surface area contributed by atoms with E-state index in [2.05, 4.69) is 0 Å². The Morgan fingerprint density at radius 2 is 2.25 bits per heavy atom. The van der Waals surface area contributed by atoms with E-state index in [1.807, 2.05) is 0 Å². The van der Waals surface area contributed by atoms with E-state index in [9.17, 15) is 10.2 Å². The van der Waals surface area contributed by atoms with E-state index in [-0.39, 0.29) is 25.4 Å². The second kappa shape index (κ2) is 4.22. The zero-order valence-electron chi connectivity index (χ0n) is 7.00. The van der Waals surface area contributed by atoms with Crippen molar-refractivity contribution in [2.45, 2.75) is 34.2 Å². The van der Waals surface area contributed by atoms with Crippen LogP contribution in [0.5, 0.6) is 0 Å². The van der Waals surface area contributed by atoms with Crippen molar-refractivity contribution < 1.29 is 30.5 Å². The van der Waals surface area contributed by atoms with Crippen LogP contribution in [0.2, 0.25) is 0 Å². The van der Waals surface area contributed by atoms with Crippen molar-refractivity contribution in [1.29, 1.82) is 0 Å². The van der Waals surface area contributed by atoms with Crippen molar-refractivity contribution in [2.24, 2.45) is 5.73 Å². The first-order chi connectivity index (χ1) is 5.38. The number of aliphatic hydroxyl groups excluding tert-OH is 1. The predicted octanol–water partition coefficient (Wildman–Crippen LogP) is -2.84. The van der Waals surface area contributed by atoms with Gasteiger partial charge in [-0.05, 0) is 0 Å². The maximum absolute atomic E-state index is 9.38. The molecule has 6 heteroatoms. The summed E-state index contributed by atoms with van der Waals surface area (Å²) < 4.78 is 5.30. The SMILES string of the molecule is CC(C)(O)OI1[I-][C@@H](O)C[C@H]1N. The van der Waals surface area contributed by atoms with Gasteiger partial charge in [0.2, 0.25) is 0 Å². The van der Waals surface area contributed by atoms with Gasteiger partial charge in [-0.15, -0.1) is 0 Å². The molecule has 1 aliphatic rings. The third-order valence-electron chi connectivity index (χ3n) is 1.08. The van der Waals surface area contributed by atoms with Gasteiger partial charge in [0, 0.05) is 0 Å². The summed E-state index contributed by atoms with van der Waals surface area (Å²) in [5, 5.41) is 18.7. The Hall–Kier alpha value is 1.30. The second-order valence-electron chi connectivity index (χ2n) is 3.02. The molecular formula is C6H14I2NO3-. The molecule has 1 fully saturated rings. The van der Waals surface area contributed by atoms with Gasteiger partial charge >= 0.3 is 86.7 Å². The molecule has 0 radical (unpaired) electrons. The van der Waals surface area contributed by atoms with E-state index >= 15 is 0 Å². The van der Waals surface area contributed by atoms with Gasteiger partial charge in [-0.3, -0.25) is 0 Å². The van der Waals surface area contributed by atoms with Crippen molar-refractivity contribution in [1.82, 2.24) is 0 Å². The van der Waals surface area contributed by atoms with Crippen molar-refractivity contribution in [3.05, 3.63) is 0 Å². The summed E-state index contributed by atoms with van der Waals surface area (Å²) in [5.74, 6) is -1.06. The molecule has 0 spiro atoms. The third-order valence-corrected chi connectivity index (χ3v) is 17.8. The Kier molecular flexibility index (Phi) is 4.00. The summed E-state index contributed by atoms with van der Waals surface area (Å²) in [6.45, 7) is 3.23. The summed E-state index contributed by atoms with van der Waals surface area (Å²) in [5.41, 5.74) is 5.78. The molecule has 0 unspecified atom stereocenters. The number of nitrogens with two attached hydrogens (primary N) is 1. The number of alkyl halides is 2. The van der Waals surface area contributed by atoms with Crippen molar-refractivity contribution in [3.8, 4) is 0 Å². The molecule has 0 aliphatic carbocycles. The van der Waals surface area contributed by atoms with Crippen LogP contribution in [0.25, 0.3) is 0 Å². The van der Waals surface area contributed by atoms with Crippen LogP contribution in [0, 0.1) is 0 Å². The van der Waals surface area contributed by atoms with Crippen molar-refractivity contribution in [2.75, 3.05) is 0 Å². The first-order valence-corrected chi connectivity index (χ1v) is 13.2. The molecule has 0 amide bonds. The molecule has 1 heterocycles. The number of halogens is 2. The van der Waals surface area contributed by atoms with E-state index in [1.165, 1.54) is 0 Å². The topological polar surface area (TPSA) is 75.7 Å². The van der Waals surface area contributed by atoms with Crippen LogP contribution in [-0.2, 0) is 3.07 Å². The van der Waals surface area contributed by atoms with Crippen LogP contribution in [0.4, 0.5) is 0 Å². The number of aliphatic hydroxyl groups is 2. The van der Waals surface area contributed by atoms with Gasteiger partial charge in [0.1, 0.15) is 0 Å². The number of hydrogen-bond donors (Lipinski definition) is 3. The molecule has 0 aromatic rings. The van der Waals surface area contributed by atoms with Gasteiger partial charge in [0.15, 0.2) is 0 Å². The third kappa shape index (κ3) is 3.58. The molecule has 1 saturated heterocycles. The standard InChI is InChI=1S/C6H14I2NO3/c1-6(2,11)12-8-5(9)3-4(10)7-8/h4-5,10-11H,3,9H2,1-2H3/q-1/t4-,5+/m0/s1. The second-order valence-corrected chi connectivity index (χ2v) is 16.8. The Morgan fingerprint density at radius 1 is 1.67 bits per heavy atom. The van der Waals surface area contributed by atoms with E-state index in [0.29, 0.717) is 6.42 Å². The van der Waals surface area contributed by atoms with E-state index in [1.54, 1.807) is 13.8 Å². The van der Waals surface area contributed by atoms with Gasteiger partial charge in [-0.25, -0.2) is 0 Å². The molecule has 0 saturated carbocycles. The number of rotatable bonds is 2. The van der Waals surface area contributed by atoms with E-state index in [4.69, 9.17) is 8.80 Å². The molecule has 2 atom stereocenters. The fourth-order valence-electron chi connectivity index (χ4n) is 0.699. The monoisotopic (exact) mass is 402 g/mol. The molecule has 1 rings (SSSR count). The summed E-state index contributed by atoms with van der Waals surface area (Å²) in [6, 6.07) is 0. The molecule has 0 aromatic heterocycles. The molecule has 12 heavy (non-hydrogen) atoms. The summed E-state index contributed by atoms with van der Waals surface area (Å²) in [6.07, 6.45) is 0.675. The Labute approximate surface area is 86.1 Å². The Morgan fingerprint density at radius 3 is 2.58 bits per heavy atom. The fourth-order valence-corrected chi connectivity index (χ4v) is 17.5. The van der Waals surface area contributed by atoms with Crippen LogP contribution in [0.15, 0.2) is 0 Å². The fraction of sp³-hybridized carbons (Fsp3) is 1.00. The summed E-state index contributed by atoms with van der Waals surface area (Å²) in [7, 11) is 0. The van der Waals surface area contributed by atoms with E-state index < -0.39 is 22.0 Å². The Balaban J connectivity index is 2.43. The van der Waals surface area contributed by atoms with E-state index in [0.717, 1.165) is 0 Å². The minimum absolute atomic E-state index is 0.0448. The Bertz CT molecular complexity index is 161. The zero-order chi connectivity index (χ0) is 9.35. The molecule has 4 N–H and O–H groups in total. The minimum atomic E-state index is -1.64.